The molecule has 3 aromatic rings. The molecule has 1 aromatic heterocycles. The van der Waals surface area contributed by atoms with Crippen LogP contribution in [0.3, 0.4) is 0 Å². The van der Waals surface area contributed by atoms with E-state index < -0.39 is 24.0 Å². The molecule has 33 heavy (non-hydrogen) atoms. The van der Waals surface area contributed by atoms with E-state index >= 15 is 0 Å². The Kier molecular flexibility index (Phi) is 5.15. The fraction of sp³-hybridized carbons (Fsp3) is 0.217. The first kappa shape index (κ1) is 20.9. The summed E-state index contributed by atoms with van der Waals surface area (Å²) in [6.45, 7) is 0.844. The van der Waals surface area contributed by atoms with Crippen molar-refractivity contribution in [2.45, 2.75) is 18.8 Å². The van der Waals surface area contributed by atoms with Crippen LogP contribution in [0.1, 0.15) is 11.1 Å². The molecule has 168 valence electrons. The number of benzene rings is 2. The summed E-state index contributed by atoms with van der Waals surface area (Å²) >= 11 is 0. The van der Waals surface area contributed by atoms with Gasteiger partial charge in [-0.1, -0.05) is 0 Å². The van der Waals surface area contributed by atoms with Gasteiger partial charge in [0.15, 0.2) is 12.2 Å². The number of H-pyrrole nitrogens is 1. The first-order chi connectivity index (χ1) is 15.9. The van der Waals surface area contributed by atoms with E-state index in [1.54, 1.807) is 42.5 Å². The Labute approximate surface area is 187 Å². The maximum absolute atomic E-state index is 13.1. The predicted octanol–water partition coefficient (Wildman–Crippen LogP) is 0.478. The minimum atomic E-state index is -1.70. The van der Waals surface area contributed by atoms with Crippen molar-refractivity contribution in [1.29, 1.82) is 0 Å². The number of amides is 2. The molecule has 0 aliphatic carbocycles. The number of rotatable bonds is 4. The van der Waals surface area contributed by atoms with E-state index in [-0.39, 0.29) is 18.7 Å². The molecule has 5 N–H and O–H groups in total. The molecule has 10 nitrogen and oxygen atoms in total. The first-order valence-corrected chi connectivity index (χ1v) is 10.4. The van der Waals surface area contributed by atoms with E-state index in [1.807, 2.05) is 0 Å². The number of amidine groups is 1. The van der Waals surface area contributed by atoms with Crippen LogP contribution in [-0.2, 0) is 20.9 Å². The van der Waals surface area contributed by atoms with Crippen LogP contribution in [0.4, 0.5) is 11.4 Å². The van der Waals surface area contributed by atoms with E-state index in [0.29, 0.717) is 29.3 Å². The highest BCUT2D eigenvalue weighted by Crippen LogP contribution is 2.25. The van der Waals surface area contributed by atoms with Crippen LogP contribution in [0.2, 0.25) is 0 Å². The second kappa shape index (κ2) is 8.15. The number of pyridine rings is 1. The van der Waals surface area contributed by atoms with Crippen molar-refractivity contribution in [3.63, 3.8) is 0 Å². The number of morpholine rings is 1. The summed E-state index contributed by atoms with van der Waals surface area (Å²) in [5.74, 6) is -0.829. The molecular weight excluding hydrogens is 426 g/mol. The molecule has 10 heteroatoms. The fourth-order valence-corrected chi connectivity index (χ4v) is 4.06. The summed E-state index contributed by atoms with van der Waals surface area (Å²) in [5.41, 5.74) is 8.96. The number of ether oxygens (including phenoxy) is 1. The number of carbonyl (C=O) groups is 2. The van der Waals surface area contributed by atoms with Gasteiger partial charge in [-0.25, -0.2) is 0 Å². The third-order valence-corrected chi connectivity index (χ3v) is 5.76. The first-order valence-electron chi connectivity index (χ1n) is 10.4. The van der Waals surface area contributed by atoms with Gasteiger partial charge in [-0.05, 0) is 48.0 Å². The molecule has 0 unspecified atom stereocenters. The van der Waals surface area contributed by atoms with Gasteiger partial charge in [0.2, 0.25) is 5.56 Å². The summed E-state index contributed by atoms with van der Waals surface area (Å²) in [6.07, 6.45) is -3.05. The van der Waals surface area contributed by atoms with Crippen LogP contribution < -0.4 is 21.5 Å². The number of aliphatic hydroxyl groups is 1. The van der Waals surface area contributed by atoms with Gasteiger partial charge in [0.05, 0.1) is 13.2 Å². The maximum atomic E-state index is 13.1. The monoisotopic (exact) mass is 447 g/mol. The Bertz CT molecular complexity index is 1360. The number of anilines is 2. The number of nitrogens with one attached hydrogen (secondary N) is 2. The van der Waals surface area contributed by atoms with Gasteiger partial charge < -0.3 is 30.8 Å². The Morgan fingerprint density at radius 1 is 1.21 bits per heavy atom. The lowest BCUT2D eigenvalue weighted by Crippen LogP contribution is -2.55. The second-order valence-corrected chi connectivity index (χ2v) is 7.88. The second-order valence-electron chi connectivity index (χ2n) is 7.88. The lowest BCUT2D eigenvalue weighted by molar-refractivity contribution is -0.150. The molecule has 0 radical (unpaired) electrons. The third kappa shape index (κ3) is 3.86. The number of nitrogens with zero attached hydrogens (tertiary/aromatic N) is 2. The molecule has 5 rings (SSSR count). The summed E-state index contributed by atoms with van der Waals surface area (Å²) in [4.78, 5) is 45.6. The van der Waals surface area contributed by atoms with Crippen molar-refractivity contribution in [1.82, 2.24) is 4.98 Å². The van der Waals surface area contributed by atoms with Crippen molar-refractivity contribution >= 4 is 39.9 Å². The number of hydrogen-bond acceptors (Lipinski definition) is 7. The molecule has 2 aliphatic heterocycles. The summed E-state index contributed by atoms with van der Waals surface area (Å²) in [6, 6.07) is 13.4. The highest BCUT2D eigenvalue weighted by atomic mass is 16.5. The SMILES string of the molecule is NC1=NCc2cc(NC(=O)[C@H](O)[C@H]3OCCN(c4ccc5[nH]c(=O)ccc5c4)C3=O)ccc21. The van der Waals surface area contributed by atoms with Crippen molar-refractivity contribution in [3.05, 3.63) is 70.0 Å². The lowest BCUT2D eigenvalue weighted by Gasteiger charge is -2.34. The van der Waals surface area contributed by atoms with Gasteiger partial charge >= 0.3 is 0 Å². The average Bonchev–Trinajstić information content (AvgIpc) is 3.18. The summed E-state index contributed by atoms with van der Waals surface area (Å²) in [5, 5.41) is 14.0. The average molecular weight is 447 g/mol. The minimum Gasteiger partial charge on any atom is -0.383 e. The Morgan fingerprint density at radius 2 is 2.06 bits per heavy atom. The number of carbonyl (C=O) groups excluding carboxylic acids is 2. The van der Waals surface area contributed by atoms with Crippen molar-refractivity contribution in [2.24, 2.45) is 10.7 Å². The van der Waals surface area contributed by atoms with E-state index in [0.717, 1.165) is 16.5 Å². The van der Waals surface area contributed by atoms with Gasteiger partial charge in [0.1, 0.15) is 5.84 Å². The third-order valence-electron chi connectivity index (χ3n) is 5.76. The molecule has 0 saturated carbocycles. The highest BCUT2D eigenvalue weighted by Gasteiger charge is 2.39. The van der Waals surface area contributed by atoms with Crippen LogP contribution in [-0.4, -0.2) is 53.1 Å². The largest absolute Gasteiger partial charge is 0.383 e. The van der Waals surface area contributed by atoms with Gasteiger partial charge in [-0.2, -0.15) is 0 Å². The van der Waals surface area contributed by atoms with Crippen LogP contribution in [0.15, 0.2) is 58.3 Å². The predicted molar refractivity (Wildman–Crippen MR) is 122 cm³/mol. The Hall–Kier alpha value is -4.02. The topological polar surface area (TPSA) is 150 Å². The fourth-order valence-electron chi connectivity index (χ4n) is 4.06. The van der Waals surface area contributed by atoms with Gasteiger partial charge in [0.25, 0.3) is 11.8 Å². The van der Waals surface area contributed by atoms with Gasteiger partial charge in [0, 0.05) is 40.5 Å². The molecule has 0 spiro atoms. The lowest BCUT2D eigenvalue weighted by atomic mass is 10.1. The highest BCUT2D eigenvalue weighted by molar-refractivity contribution is 6.05. The zero-order chi connectivity index (χ0) is 23.1. The number of aliphatic hydroxyl groups excluding tert-OH is 1. The molecule has 0 bridgehead atoms. The van der Waals surface area contributed by atoms with Crippen molar-refractivity contribution in [3.8, 4) is 0 Å². The zero-order valence-electron chi connectivity index (χ0n) is 17.4. The quantitative estimate of drug-likeness (QED) is 0.457. The molecule has 1 saturated heterocycles. The molecule has 2 aromatic carbocycles. The Morgan fingerprint density at radius 3 is 2.91 bits per heavy atom. The molecule has 1 fully saturated rings. The van der Waals surface area contributed by atoms with Crippen LogP contribution in [0.25, 0.3) is 10.9 Å². The van der Waals surface area contributed by atoms with E-state index in [9.17, 15) is 19.5 Å². The number of hydrogen-bond donors (Lipinski definition) is 4. The summed E-state index contributed by atoms with van der Waals surface area (Å²) in [7, 11) is 0. The molecule has 2 amide bonds. The number of aliphatic imine (C=N–C) groups is 1. The van der Waals surface area contributed by atoms with Gasteiger partial charge in [-0.15, -0.1) is 0 Å². The van der Waals surface area contributed by atoms with Gasteiger partial charge in [-0.3, -0.25) is 19.4 Å². The van der Waals surface area contributed by atoms with Crippen molar-refractivity contribution < 1.29 is 19.4 Å². The van der Waals surface area contributed by atoms with E-state index in [2.05, 4.69) is 15.3 Å². The standard InChI is InChI=1S/C23H21N5O5/c24-21-16-4-2-14(9-13(16)11-25-21)26-22(31)19(30)20-23(32)28(7-8-33-20)15-3-5-17-12(10-15)1-6-18(29)27-17/h1-6,9-10,19-20,30H,7-8,11H2,(H2,24,25)(H,26,31)(H,27,29)/t19-,20-/m1/s1. The number of fused-ring (bicyclic) bond motifs is 2. The van der Waals surface area contributed by atoms with E-state index in [1.165, 1.54) is 11.0 Å². The zero-order valence-corrected chi connectivity index (χ0v) is 17.4. The molecule has 2 aliphatic rings. The van der Waals surface area contributed by atoms with Crippen molar-refractivity contribution in [2.75, 3.05) is 23.4 Å². The van der Waals surface area contributed by atoms with Crippen LogP contribution >= 0.6 is 0 Å². The Balaban J connectivity index is 1.32. The molecular formula is C23H21N5O5. The normalized spacial score (nSPS) is 18.7. The van der Waals surface area contributed by atoms with Crippen LogP contribution in [0, 0.1) is 0 Å². The maximum Gasteiger partial charge on any atom is 0.259 e. The number of aromatic nitrogens is 1. The minimum absolute atomic E-state index is 0.153. The number of aromatic amines is 1. The number of nitrogens with two attached hydrogens (primary N) is 1. The van der Waals surface area contributed by atoms with Crippen LogP contribution in [0.5, 0.6) is 0 Å². The molecule has 3 heterocycles. The summed E-state index contributed by atoms with van der Waals surface area (Å²) < 4.78 is 5.47. The smallest absolute Gasteiger partial charge is 0.259 e. The van der Waals surface area contributed by atoms with E-state index in [4.69, 9.17) is 10.5 Å². The molecule has 2 atom stereocenters.